The lowest BCUT2D eigenvalue weighted by Crippen LogP contribution is -2.05. The zero-order valence-corrected chi connectivity index (χ0v) is 13.4. The molecule has 0 saturated heterocycles. The normalized spacial score (nSPS) is 11.9. The van der Waals surface area contributed by atoms with Crippen molar-refractivity contribution in [2.75, 3.05) is 0 Å². The summed E-state index contributed by atoms with van der Waals surface area (Å²) >= 11 is 17.7. The zero-order chi connectivity index (χ0) is 16.8. The van der Waals surface area contributed by atoms with E-state index in [1.54, 1.807) is 18.2 Å². The Hall–Kier alpha value is -1.56. The molecular formula is C15H6Cl3F3N2. The molecule has 1 aromatic heterocycles. The molecule has 2 nitrogen and oxygen atoms in total. The fraction of sp³-hybridized carbons (Fsp3) is 0.0667. The number of rotatable bonds is 1. The Morgan fingerprint density at radius 1 is 0.870 bits per heavy atom. The quantitative estimate of drug-likeness (QED) is 0.499. The van der Waals surface area contributed by atoms with E-state index in [0.29, 0.717) is 21.3 Å². The van der Waals surface area contributed by atoms with Gasteiger partial charge in [-0.2, -0.15) is 13.2 Å². The molecule has 8 heteroatoms. The second-order valence-corrected chi connectivity index (χ2v) is 5.93. The van der Waals surface area contributed by atoms with Crippen molar-refractivity contribution in [3.63, 3.8) is 0 Å². The molecule has 0 unspecified atom stereocenters. The van der Waals surface area contributed by atoms with Crippen molar-refractivity contribution in [2.24, 2.45) is 0 Å². The van der Waals surface area contributed by atoms with Crippen LogP contribution in [0.1, 0.15) is 5.56 Å². The topological polar surface area (TPSA) is 25.8 Å². The van der Waals surface area contributed by atoms with Crippen molar-refractivity contribution in [1.82, 2.24) is 9.97 Å². The van der Waals surface area contributed by atoms with Crippen LogP contribution >= 0.6 is 34.8 Å². The van der Waals surface area contributed by atoms with Gasteiger partial charge in [0.05, 0.1) is 38.0 Å². The fourth-order valence-electron chi connectivity index (χ4n) is 2.04. The van der Waals surface area contributed by atoms with Crippen molar-refractivity contribution in [3.05, 3.63) is 57.2 Å². The summed E-state index contributed by atoms with van der Waals surface area (Å²) in [5.74, 6) is 0. The monoisotopic (exact) mass is 376 g/mol. The molecule has 23 heavy (non-hydrogen) atoms. The zero-order valence-electron chi connectivity index (χ0n) is 11.1. The Labute approximate surface area is 143 Å². The number of fused-ring (bicyclic) bond motifs is 1. The molecule has 118 valence electrons. The molecule has 1 heterocycles. The van der Waals surface area contributed by atoms with Gasteiger partial charge in [-0.05, 0) is 24.3 Å². The van der Waals surface area contributed by atoms with Crippen LogP contribution < -0.4 is 0 Å². The Bertz CT molecular complexity index is 910. The highest BCUT2D eigenvalue weighted by molar-refractivity contribution is 6.42. The number of alkyl halides is 3. The molecule has 2 aromatic carbocycles. The first-order chi connectivity index (χ1) is 10.8. The van der Waals surface area contributed by atoms with Crippen LogP contribution in [-0.4, -0.2) is 9.97 Å². The number of hydrogen-bond donors (Lipinski definition) is 0. The van der Waals surface area contributed by atoms with E-state index in [1.807, 2.05) is 0 Å². The highest BCUT2D eigenvalue weighted by Crippen LogP contribution is 2.35. The Morgan fingerprint density at radius 2 is 1.61 bits per heavy atom. The summed E-state index contributed by atoms with van der Waals surface area (Å²) in [4.78, 5) is 8.30. The summed E-state index contributed by atoms with van der Waals surface area (Å²) in [6, 6.07) is 6.53. The summed E-state index contributed by atoms with van der Waals surface area (Å²) < 4.78 is 38.6. The van der Waals surface area contributed by atoms with E-state index < -0.39 is 11.7 Å². The van der Waals surface area contributed by atoms with Crippen molar-refractivity contribution in [3.8, 4) is 11.3 Å². The van der Waals surface area contributed by atoms with Gasteiger partial charge >= 0.3 is 6.18 Å². The Morgan fingerprint density at radius 3 is 2.26 bits per heavy atom. The highest BCUT2D eigenvalue weighted by Gasteiger charge is 2.31. The van der Waals surface area contributed by atoms with Crippen molar-refractivity contribution in [1.29, 1.82) is 0 Å². The molecule has 0 saturated carbocycles. The summed E-state index contributed by atoms with van der Waals surface area (Å²) in [7, 11) is 0. The standard InChI is InChI=1S/C15H6Cl3F3N2/c16-9-2-1-7(3-10(9)17)13-6-22-14-11(18)4-8(15(19,20)21)5-12(14)23-13/h1-6H. The first-order valence-corrected chi connectivity index (χ1v) is 7.38. The van der Waals surface area contributed by atoms with Crippen LogP contribution in [-0.2, 0) is 6.18 Å². The lowest BCUT2D eigenvalue weighted by Gasteiger charge is -2.10. The molecular weight excluding hydrogens is 372 g/mol. The SMILES string of the molecule is FC(F)(F)c1cc(Cl)c2ncc(-c3ccc(Cl)c(Cl)c3)nc2c1. The van der Waals surface area contributed by atoms with Gasteiger partial charge < -0.3 is 0 Å². The van der Waals surface area contributed by atoms with E-state index >= 15 is 0 Å². The van der Waals surface area contributed by atoms with Gasteiger partial charge in [-0.1, -0.05) is 40.9 Å². The van der Waals surface area contributed by atoms with Crippen LogP contribution in [0.25, 0.3) is 22.3 Å². The van der Waals surface area contributed by atoms with Crippen LogP contribution in [0, 0.1) is 0 Å². The molecule has 0 N–H and O–H groups in total. The summed E-state index contributed by atoms with van der Waals surface area (Å²) in [6.45, 7) is 0. The second kappa shape index (κ2) is 5.82. The molecule has 0 aliphatic heterocycles. The molecule has 0 amide bonds. The van der Waals surface area contributed by atoms with Crippen molar-refractivity contribution < 1.29 is 13.2 Å². The van der Waals surface area contributed by atoms with Crippen LogP contribution in [0.15, 0.2) is 36.5 Å². The van der Waals surface area contributed by atoms with Gasteiger partial charge in [0, 0.05) is 5.56 Å². The smallest absolute Gasteiger partial charge is 0.251 e. The summed E-state index contributed by atoms with van der Waals surface area (Å²) in [6.07, 6.45) is -3.10. The lowest BCUT2D eigenvalue weighted by atomic mass is 10.1. The molecule has 3 rings (SSSR count). The van der Waals surface area contributed by atoms with E-state index in [2.05, 4.69) is 9.97 Å². The molecule has 0 radical (unpaired) electrons. The van der Waals surface area contributed by atoms with Crippen LogP contribution in [0.5, 0.6) is 0 Å². The maximum Gasteiger partial charge on any atom is 0.416 e. The Kier molecular flexibility index (Phi) is 4.12. The number of halogens is 6. The molecule has 0 atom stereocenters. The largest absolute Gasteiger partial charge is 0.416 e. The lowest BCUT2D eigenvalue weighted by molar-refractivity contribution is -0.137. The van der Waals surface area contributed by atoms with Gasteiger partial charge in [0.15, 0.2) is 0 Å². The molecule has 0 aliphatic carbocycles. The predicted octanol–water partition coefficient (Wildman–Crippen LogP) is 6.28. The molecule has 0 fully saturated rings. The van der Waals surface area contributed by atoms with E-state index in [4.69, 9.17) is 34.8 Å². The van der Waals surface area contributed by atoms with Crippen molar-refractivity contribution >= 4 is 45.8 Å². The van der Waals surface area contributed by atoms with Crippen LogP contribution in [0.3, 0.4) is 0 Å². The first kappa shape index (κ1) is 16.3. The first-order valence-electron chi connectivity index (χ1n) is 6.24. The average molecular weight is 378 g/mol. The van der Waals surface area contributed by atoms with Gasteiger partial charge in [-0.25, -0.2) is 4.98 Å². The van der Waals surface area contributed by atoms with Gasteiger partial charge in [-0.15, -0.1) is 0 Å². The van der Waals surface area contributed by atoms with Crippen LogP contribution in [0.2, 0.25) is 15.1 Å². The van der Waals surface area contributed by atoms with Crippen molar-refractivity contribution in [2.45, 2.75) is 6.18 Å². The van der Waals surface area contributed by atoms with Crippen LogP contribution in [0.4, 0.5) is 13.2 Å². The average Bonchev–Trinajstić information content (AvgIpc) is 2.48. The molecule has 0 spiro atoms. The van der Waals surface area contributed by atoms with E-state index in [9.17, 15) is 13.2 Å². The van der Waals surface area contributed by atoms with Gasteiger partial charge in [0.2, 0.25) is 0 Å². The predicted molar refractivity (Wildman–Crippen MR) is 85.0 cm³/mol. The minimum Gasteiger partial charge on any atom is -0.251 e. The number of hydrogen-bond acceptors (Lipinski definition) is 2. The maximum atomic E-state index is 12.9. The third kappa shape index (κ3) is 3.22. The summed E-state index contributed by atoms with van der Waals surface area (Å²) in [5.41, 5.74) is 0.321. The van der Waals surface area contributed by atoms with E-state index in [-0.39, 0.29) is 16.1 Å². The van der Waals surface area contributed by atoms with Gasteiger partial charge in [-0.3, -0.25) is 4.98 Å². The second-order valence-electron chi connectivity index (χ2n) is 4.71. The third-order valence-electron chi connectivity index (χ3n) is 3.14. The fourth-order valence-corrected chi connectivity index (χ4v) is 2.60. The molecule has 0 aliphatic rings. The third-order valence-corrected chi connectivity index (χ3v) is 4.17. The van der Waals surface area contributed by atoms with Gasteiger partial charge in [0.25, 0.3) is 0 Å². The number of aromatic nitrogens is 2. The minimum absolute atomic E-state index is 0.0494. The maximum absolute atomic E-state index is 12.9. The number of benzene rings is 2. The minimum atomic E-state index is -4.51. The number of nitrogens with zero attached hydrogens (tertiary/aromatic N) is 2. The van der Waals surface area contributed by atoms with E-state index in [1.165, 1.54) is 6.20 Å². The Balaban J connectivity index is 2.19. The highest BCUT2D eigenvalue weighted by atomic mass is 35.5. The van der Waals surface area contributed by atoms with E-state index in [0.717, 1.165) is 12.1 Å². The molecule has 0 bridgehead atoms. The summed E-state index contributed by atoms with van der Waals surface area (Å²) in [5, 5.41) is 0.572. The van der Waals surface area contributed by atoms with Gasteiger partial charge in [0.1, 0.15) is 5.52 Å². The molecule has 3 aromatic rings.